The fourth-order valence-electron chi connectivity index (χ4n) is 4.52. The third kappa shape index (κ3) is 2.57. The van der Waals surface area contributed by atoms with Crippen molar-refractivity contribution in [3.05, 3.63) is 53.6 Å². The largest absolute Gasteiger partial charge is 0.329 e. The van der Waals surface area contributed by atoms with Crippen LogP contribution in [0.25, 0.3) is 11.4 Å². The smallest absolute Gasteiger partial charge is 0.272 e. The zero-order valence-corrected chi connectivity index (χ0v) is 15.5. The van der Waals surface area contributed by atoms with Crippen LogP contribution in [0.1, 0.15) is 34.8 Å². The van der Waals surface area contributed by atoms with Gasteiger partial charge in [0, 0.05) is 31.6 Å². The maximum absolute atomic E-state index is 13.3. The fraction of sp³-hybridized carbons (Fsp3) is 0.400. The average molecular weight is 362 g/mol. The van der Waals surface area contributed by atoms with Crippen molar-refractivity contribution in [3.8, 4) is 11.4 Å². The van der Waals surface area contributed by atoms with Gasteiger partial charge in [-0.3, -0.25) is 9.48 Å². The lowest BCUT2D eigenvalue weighted by atomic mass is 10.1. The molecular weight excluding hydrogens is 340 g/mol. The number of nitrogens with zero attached hydrogens (tertiary/aromatic N) is 6. The van der Waals surface area contributed by atoms with E-state index in [-0.39, 0.29) is 18.0 Å². The summed E-state index contributed by atoms with van der Waals surface area (Å²) in [4.78, 5) is 15.4. The molecule has 1 amide bonds. The highest BCUT2D eigenvalue weighted by atomic mass is 16.2. The number of rotatable bonds is 2. The summed E-state index contributed by atoms with van der Waals surface area (Å²) in [5.41, 5.74) is 2.59. The summed E-state index contributed by atoms with van der Waals surface area (Å²) in [6.45, 7) is 2.66. The molecule has 2 aromatic heterocycles. The van der Waals surface area contributed by atoms with Crippen LogP contribution in [-0.2, 0) is 20.0 Å². The summed E-state index contributed by atoms with van der Waals surface area (Å²) >= 11 is 0. The highest BCUT2D eigenvalue weighted by Gasteiger charge is 2.42. The number of benzene rings is 1. The number of hydrogen-bond acceptors (Lipinski definition) is 4. The van der Waals surface area contributed by atoms with E-state index in [0.717, 1.165) is 48.7 Å². The van der Waals surface area contributed by atoms with E-state index in [1.54, 1.807) is 4.68 Å². The van der Waals surface area contributed by atoms with Gasteiger partial charge < -0.3 is 9.47 Å². The molecule has 2 aliphatic rings. The topological polar surface area (TPSA) is 68.8 Å². The van der Waals surface area contributed by atoms with Gasteiger partial charge in [0.1, 0.15) is 11.5 Å². The molecule has 2 atom stereocenters. The van der Waals surface area contributed by atoms with Gasteiger partial charge in [-0.15, -0.1) is 10.2 Å². The highest BCUT2D eigenvalue weighted by molar-refractivity contribution is 5.93. The molecule has 0 aliphatic carbocycles. The Morgan fingerprint density at radius 1 is 1.11 bits per heavy atom. The Labute approximate surface area is 157 Å². The number of fused-ring (bicyclic) bond motifs is 3. The lowest BCUT2D eigenvalue weighted by Crippen LogP contribution is -2.42. The number of amides is 1. The molecule has 0 saturated carbocycles. The molecule has 2 unspecified atom stereocenters. The molecule has 7 heteroatoms. The number of aryl methyl sites for hydroxylation is 2. The van der Waals surface area contributed by atoms with Gasteiger partial charge in [0.2, 0.25) is 0 Å². The maximum atomic E-state index is 13.3. The first-order chi connectivity index (χ1) is 13.1. The summed E-state index contributed by atoms with van der Waals surface area (Å²) in [5, 5.41) is 13.3. The summed E-state index contributed by atoms with van der Waals surface area (Å²) in [6, 6.07) is 12.4. The number of hydrogen-bond donors (Lipinski definition) is 0. The van der Waals surface area contributed by atoms with E-state index in [9.17, 15) is 4.79 Å². The molecule has 2 aliphatic heterocycles. The van der Waals surface area contributed by atoms with Crippen molar-refractivity contribution in [2.75, 3.05) is 0 Å². The minimum atomic E-state index is 0.0746. The van der Waals surface area contributed by atoms with Crippen molar-refractivity contribution >= 4 is 5.91 Å². The molecule has 7 nitrogen and oxygen atoms in total. The Bertz CT molecular complexity index is 1000. The summed E-state index contributed by atoms with van der Waals surface area (Å²) in [5.74, 6) is 1.94. The van der Waals surface area contributed by atoms with Gasteiger partial charge in [-0.05, 0) is 25.8 Å². The molecule has 5 rings (SSSR count). The monoisotopic (exact) mass is 362 g/mol. The molecule has 0 spiro atoms. The lowest BCUT2D eigenvalue weighted by Gasteiger charge is -2.28. The third-order valence-electron chi connectivity index (χ3n) is 5.75. The van der Waals surface area contributed by atoms with Gasteiger partial charge in [-0.2, -0.15) is 5.10 Å². The van der Waals surface area contributed by atoms with Crippen molar-refractivity contribution in [2.24, 2.45) is 7.05 Å². The van der Waals surface area contributed by atoms with Gasteiger partial charge in [0.05, 0.1) is 11.7 Å². The Kier molecular flexibility index (Phi) is 3.63. The quantitative estimate of drug-likeness (QED) is 0.701. The Hall–Kier alpha value is -2.96. The Morgan fingerprint density at radius 3 is 2.63 bits per heavy atom. The van der Waals surface area contributed by atoms with Gasteiger partial charge in [0.15, 0.2) is 5.82 Å². The van der Waals surface area contributed by atoms with Gasteiger partial charge in [-0.25, -0.2) is 0 Å². The Balaban J connectivity index is 1.50. The van der Waals surface area contributed by atoms with E-state index in [0.29, 0.717) is 5.69 Å². The van der Waals surface area contributed by atoms with E-state index in [1.807, 2.05) is 38.2 Å². The number of carbonyl (C=O) groups is 1. The van der Waals surface area contributed by atoms with E-state index in [2.05, 4.69) is 36.9 Å². The van der Waals surface area contributed by atoms with E-state index >= 15 is 0 Å². The van der Waals surface area contributed by atoms with Crippen LogP contribution in [0.5, 0.6) is 0 Å². The van der Waals surface area contributed by atoms with Gasteiger partial charge in [-0.1, -0.05) is 30.3 Å². The Morgan fingerprint density at radius 2 is 1.89 bits per heavy atom. The van der Waals surface area contributed by atoms with Crippen LogP contribution in [0, 0.1) is 6.92 Å². The summed E-state index contributed by atoms with van der Waals surface area (Å²) < 4.78 is 3.89. The first-order valence-electron chi connectivity index (χ1n) is 9.42. The van der Waals surface area contributed by atoms with Gasteiger partial charge >= 0.3 is 0 Å². The zero-order valence-electron chi connectivity index (χ0n) is 15.5. The minimum absolute atomic E-state index is 0.0746. The van der Waals surface area contributed by atoms with Crippen molar-refractivity contribution in [1.29, 1.82) is 0 Å². The van der Waals surface area contributed by atoms with Crippen LogP contribution in [-0.4, -0.2) is 47.4 Å². The van der Waals surface area contributed by atoms with Crippen molar-refractivity contribution in [2.45, 2.75) is 44.8 Å². The molecule has 0 radical (unpaired) electrons. The number of carbonyl (C=O) groups excluding carboxylic acids is 1. The number of aromatic nitrogens is 5. The molecule has 1 aromatic carbocycles. The standard InChI is InChI=1S/C20H22N6O/c1-13-10-17(24(2)23-13)20(27)26-15-8-9-16(26)12-25-18(11-15)21-22-19(25)14-6-4-3-5-7-14/h3-7,10,15-16H,8-9,11-12H2,1-2H3. The normalized spacial score (nSPS) is 21.2. The molecule has 4 heterocycles. The van der Waals surface area contributed by atoms with Crippen molar-refractivity contribution in [3.63, 3.8) is 0 Å². The molecule has 1 fully saturated rings. The molecular formula is C20H22N6O. The summed E-state index contributed by atoms with van der Waals surface area (Å²) in [7, 11) is 1.84. The first kappa shape index (κ1) is 16.2. The predicted molar refractivity (Wildman–Crippen MR) is 100 cm³/mol. The van der Waals surface area contributed by atoms with Crippen LogP contribution < -0.4 is 0 Å². The average Bonchev–Trinajstić information content (AvgIpc) is 3.30. The first-order valence-corrected chi connectivity index (χ1v) is 9.42. The van der Waals surface area contributed by atoms with Crippen molar-refractivity contribution < 1.29 is 4.79 Å². The van der Waals surface area contributed by atoms with E-state index in [4.69, 9.17) is 0 Å². The molecule has 2 bridgehead atoms. The second-order valence-corrected chi connectivity index (χ2v) is 7.51. The fourth-order valence-corrected chi connectivity index (χ4v) is 4.52. The lowest BCUT2D eigenvalue weighted by molar-refractivity contribution is 0.0654. The highest BCUT2D eigenvalue weighted by Crippen LogP contribution is 2.34. The van der Waals surface area contributed by atoms with E-state index in [1.165, 1.54) is 0 Å². The second kappa shape index (κ2) is 6.04. The third-order valence-corrected chi connectivity index (χ3v) is 5.75. The van der Waals surface area contributed by atoms with Crippen molar-refractivity contribution in [1.82, 2.24) is 29.4 Å². The molecule has 27 heavy (non-hydrogen) atoms. The van der Waals surface area contributed by atoms with E-state index < -0.39 is 0 Å². The SMILES string of the molecule is Cc1cc(C(=O)N2C3CCC2Cn2c(nnc2-c2ccccc2)C3)n(C)n1. The molecule has 0 N–H and O–H groups in total. The molecule has 3 aromatic rings. The van der Waals surface area contributed by atoms with Crippen LogP contribution in [0.3, 0.4) is 0 Å². The van der Waals surface area contributed by atoms with Crippen LogP contribution in [0.4, 0.5) is 0 Å². The predicted octanol–water partition coefficient (Wildman–Crippen LogP) is 2.22. The molecule has 138 valence electrons. The van der Waals surface area contributed by atoms with Crippen LogP contribution >= 0.6 is 0 Å². The second-order valence-electron chi connectivity index (χ2n) is 7.51. The van der Waals surface area contributed by atoms with Crippen LogP contribution in [0.2, 0.25) is 0 Å². The molecule has 1 saturated heterocycles. The van der Waals surface area contributed by atoms with Gasteiger partial charge in [0.25, 0.3) is 5.91 Å². The minimum Gasteiger partial charge on any atom is -0.329 e. The van der Waals surface area contributed by atoms with Crippen LogP contribution in [0.15, 0.2) is 36.4 Å². The zero-order chi connectivity index (χ0) is 18.5. The maximum Gasteiger partial charge on any atom is 0.272 e. The summed E-state index contributed by atoms with van der Waals surface area (Å²) in [6.07, 6.45) is 2.78.